The molecule has 19 heavy (non-hydrogen) atoms. The summed E-state index contributed by atoms with van der Waals surface area (Å²) in [6, 6.07) is 1.61. The van der Waals surface area contributed by atoms with Gasteiger partial charge in [0.2, 0.25) is 10.0 Å². The van der Waals surface area contributed by atoms with Crippen LogP contribution in [0.3, 0.4) is 0 Å². The lowest BCUT2D eigenvalue weighted by Crippen LogP contribution is -2.28. The van der Waals surface area contributed by atoms with Gasteiger partial charge in [0.15, 0.2) is 5.82 Å². The molecular formula is C11H15F2NO4S. The zero-order valence-corrected chi connectivity index (χ0v) is 11.1. The van der Waals surface area contributed by atoms with E-state index in [0.717, 1.165) is 12.1 Å². The number of aliphatic hydroxyl groups is 1. The maximum absolute atomic E-state index is 13.8. The Morgan fingerprint density at radius 3 is 2.63 bits per heavy atom. The molecule has 0 aliphatic rings. The number of sulfonamides is 1. The first-order valence-electron chi connectivity index (χ1n) is 5.59. The molecule has 0 unspecified atom stereocenters. The second kappa shape index (κ2) is 6.90. The third-order valence-electron chi connectivity index (χ3n) is 2.34. The number of ether oxygens (including phenoxy) is 1. The standard InChI is InChI=1S/C11H15F2NO4S/c1-2-18-6-5-14-19(16,17)10-4-3-9(12)8(7-15)11(10)13/h3-4,14-15H,2,5-7H2,1H3. The quantitative estimate of drug-likeness (QED) is 0.729. The molecule has 1 aromatic carbocycles. The molecule has 0 spiro atoms. The van der Waals surface area contributed by atoms with E-state index in [1.54, 1.807) is 6.92 Å². The van der Waals surface area contributed by atoms with E-state index in [1.807, 2.05) is 0 Å². The Morgan fingerprint density at radius 1 is 1.37 bits per heavy atom. The molecule has 0 amide bonds. The van der Waals surface area contributed by atoms with Crippen LogP contribution in [0.1, 0.15) is 12.5 Å². The first kappa shape index (κ1) is 16.0. The van der Waals surface area contributed by atoms with Gasteiger partial charge in [0.25, 0.3) is 0 Å². The highest BCUT2D eigenvalue weighted by atomic mass is 32.2. The van der Waals surface area contributed by atoms with Crippen LogP contribution in [0.2, 0.25) is 0 Å². The van der Waals surface area contributed by atoms with Crippen molar-refractivity contribution in [1.82, 2.24) is 4.72 Å². The van der Waals surface area contributed by atoms with Gasteiger partial charge in [-0.1, -0.05) is 0 Å². The zero-order valence-electron chi connectivity index (χ0n) is 10.3. The van der Waals surface area contributed by atoms with Crippen molar-refractivity contribution >= 4 is 10.0 Å². The Labute approximate surface area is 110 Å². The Hall–Kier alpha value is -1.09. The maximum atomic E-state index is 13.8. The average molecular weight is 295 g/mol. The Balaban J connectivity index is 2.96. The molecule has 0 saturated carbocycles. The molecule has 0 fully saturated rings. The van der Waals surface area contributed by atoms with Gasteiger partial charge in [-0.3, -0.25) is 0 Å². The van der Waals surface area contributed by atoms with Gasteiger partial charge < -0.3 is 9.84 Å². The van der Waals surface area contributed by atoms with Gasteiger partial charge in [-0.05, 0) is 19.1 Å². The van der Waals surface area contributed by atoms with E-state index in [1.165, 1.54) is 0 Å². The molecule has 0 aliphatic carbocycles. The van der Waals surface area contributed by atoms with Crippen molar-refractivity contribution in [2.75, 3.05) is 19.8 Å². The van der Waals surface area contributed by atoms with Crippen LogP contribution >= 0.6 is 0 Å². The molecule has 0 aliphatic heterocycles. The predicted molar refractivity (Wildman–Crippen MR) is 64.0 cm³/mol. The highest BCUT2D eigenvalue weighted by Gasteiger charge is 2.22. The van der Waals surface area contributed by atoms with E-state index in [4.69, 9.17) is 9.84 Å². The van der Waals surface area contributed by atoms with Crippen LogP contribution in [0.25, 0.3) is 0 Å². The second-order valence-corrected chi connectivity index (χ2v) is 5.33. The van der Waals surface area contributed by atoms with Crippen LogP contribution in [0.4, 0.5) is 8.78 Å². The van der Waals surface area contributed by atoms with Crippen LogP contribution in [-0.2, 0) is 21.4 Å². The summed E-state index contributed by atoms with van der Waals surface area (Å²) < 4.78 is 57.5. The highest BCUT2D eigenvalue weighted by Crippen LogP contribution is 2.20. The normalized spacial score (nSPS) is 11.8. The largest absolute Gasteiger partial charge is 0.391 e. The van der Waals surface area contributed by atoms with Crippen LogP contribution in [-0.4, -0.2) is 33.3 Å². The van der Waals surface area contributed by atoms with E-state index in [0.29, 0.717) is 6.61 Å². The monoisotopic (exact) mass is 295 g/mol. The summed E-state index contributed by atoms with van der Waals surface area (Å²) in [5.74, 6) is -2.28. The molecule has 0 radical (unpaired) electrons. The van der Waals surface area contributed by atoms with Crippen molar-refractivity contribution in [2.45, 2.75) is 18.4 Å². The molecule has 1 aromatic rings. The number of hydrogen-bond donors (Lipinski definition) is 2. The smallest absolute Gasteiger partial charge is 0.243 e. The molecule has 0 atom stereocenters. The van der Waals surface area contributed by atoms with Crippen molar-refractivity contribution in [1.29, 1.82) is 0 Å². The minimum Gasteiger partial charge on any atom is -0.391 e. The Morgan fingerprint density at radius 2 is 2.05 bits per heavy atom. The van der Waals surface area contributed by atoms with E-state index in [2.05, 4.69) is 4.72 Å². The van der Waals surface area contributed by atoms with Crippen LogP contribution in [0.15, 0.2) is 17.0 Å². The minimum atomic E-state index is -4.10. The summed E-state index contributed by atoms with van der Waals surface area (Å²) >= 11 is 0. The van der Waals surface area contributed by atoms with Crippen molar-refractivity contribution < 1.29 is 27.0 Å². The zero-order chi connectivity index (χ0) is 14.5. The lowest BCUT2D eigenvalue weighted by atomic mass is 10.2. The van der Waals surface area contributed by atoms with Crippen LogP contribution in [0, 0.1) is 11.6 Å². The van der Waals surface area contributed by atoms with Crippen molar-refractivity contribution in [3.63, 3.8) is 0 Å². The van der Waals surface area contributed by atoms with Gasteiger partial charge in [-0.2, -0.15) is 0 Å². The molecule has 0 aromatic heterocycles. The number of nitrogens with one attached hydrogen (secondary N) is 1. The van der Waals surface area contributed by atoms with Crippen LogP contribution in [0.5, 0.6) is 0 Å². The van der Waals surface area contributed by atoms with E-state index >= 15 is 0 Å². The second-order valence-electron chi connectivity index (χ2n) is 3.59. The van der Waals surface area contributed by atoms with Crippen molar-refractivity contribution in [3.05, 3.63) is 29.3 Å². The molecule has 2 N–H and O–H groups in total. The fourth-order valence-electron chi connectivity index (χ4n) is 1.40. The average Bonchev–Trinajstić information content (AvgIpc) is 2.35. The van der Waals surface area contributed by atoms with E-state index < -0.39 is 38.7 Å². The molecule has 108 valence electrons. The topological polar surface area (TPSA) is 75.6 Å². The summed E-state index contributed by atoms with van der Waals surface area (Å²) in [4.78, 5) is -0.700. The van der Waals surface area contributed by atoms with E-state index in [-0.39, 0.29) is 13.2 Å². The Bertz CT molecular complexity index is 534. The molecule has 5 nitrogen and oxygen atoms in total. The lowest BCUT2D eigenvalue weighted by Gasteiger charge is -2.10. The van der Waals surface area contributed by atoms with Gasteiger partial charge in [0.05, 0.1) is 18.8 Å². The van der Waals surface area contributed by atoms with Gasteiger partial charge in [-0.15, -0.1) is 0 Å². The Kier molecular flexibility index (Phi) is 5.80. The molecule has 0 bridgehead atoms. The summed E-state index contributed by atoms with van der Waals surface area (Å²) in [7, 11) is -4.10. The first-order valence-corrected chi connectivity index (χ1v) is 7.07. The highest BCUT2D eigenvalue weighted by molar-refractivity contribution is 7.89. The summed E-state index contributed by atoms with van der Waals surface area (Å²) in [5, 5.41) is 8.82. The van der Waals surface area contributed by atoms with Gasteiger partial charge in [0, 0.05) is 13.2 Å². The van der Waals surface area contributed by atoms with Gasteiger partial charge >= 0.3 is 0 Å². The maximum Gasteiger partial charge on any atom is 0.243 e. The van der Waals surface area contributed by atoms with Gasteiger partial charge in [0.1, 0.15) is 10.7 Å². The van der Waals surface area contributed by atoms with Crippen LogP contribution < -0.4 is 4.72 Å². The van der Waals surface area contributed by atoms with Crippen molar-refractivity contribution in [2.24, 2.45) is 0 Å². The summed E-state index contributed by atoms with van der Waals surface area (Å²) in [6.07, 6.45) is 0. The SMILES string of the molecule is CCOCCNS(=O)(=O)c1ccc(F)c(CO)c1F. The van der Waals surface area contributed by atoms with Gasteiger partial charge in [-0.25, -0.2) is 21.9 Å². The number of halogens is 2. The third kappa shape index (κ3) is 3.93. The number of benzene rings is 1. The number of aliphatic hydroxyl groups excluding tert-OH is 1. The third-order valence-corrected chi connectivity index (χ3v) is 3.82. The molecule has 0 saturated heterocycles. The number of rotatable bonds is 7. The fourth-order valence-corrected chi connectivity index (χ4v) is 2.51. The number of hydrogen-bond acceptors (Lipinski definition) is 4. The molecule has 1 rings (SSSR count). The molecule has 0 heterocycles. The molecule has 8 heteroatoms. The summed E-state index contributed by atoms with van der Waals surface area (Å²) in [6.45, 7) is 1.38. The predicted octanol–water partition coefficient (Wildman–Crippen LogP) is 0.772. The van der Waals surface area contributed by atoms with E-state index in [9.17, 15) is 17.2 Å². The molecular weight excluding hydrogens is 280 g/mol. The van der Waals surface area contributed by atoms with Crippen molar-refractivity contribution in [3.8, 4) is 0 Å². The lowest BCUT2D eigenvalue weighted by molar-refractivity contribution is 0.153. The first-order chi connectivity index (χ1) is 8.94. The summed E-state index contributed by atoms with van der Waals surface area (Å²) in [5.41, 5.74) is -0.673. The fraction of sp³-hybridized carbons (Fsp3) is 0.455. The minimum absolute atomic E-state index is 0.0263.